The Labute approximate surface area is 277 Å². The average Bonchev–Trinajstić information content (AvgIpc) is 3.39. The lowest BCUT2D eigenvalue weighted by Gasteiger charge is -2.58. The number of hydrogen-bond acceptors (Lipinski definition) is 4. The van der Waals surface area contributed by atoms with Gasteiger partial charge in [0, 0.05) is 6.42 Å². The molecule has 0 N–H and O–H groups in total. The third kappa shape index (κ3) is 6.74. The number of fused-ring (bicyclic) bond motifs is 5. The smallest absolute Gasteiger partial charge is 0.322 e. The van der Waals surface area contributed by atoms with Gasteiger partial charge < -0.3 is 9.47 Å². The first-order valence-corrected chi connectivity index (χ1v) is 18.3. The van der Waals surface area contributed by atoms with Crippen molar-refractivity contribution in [2.45, 2.75) is 118 Å². The molecule has 0 heterocycles. The lowest BCUT2D eigenvalue weighted by molar-refractivity contribution is -0.156. The van der Waals surface area contributed by atoms with Gasteiger partial charge in [-0.1, -0.05) is 108 Å². The van der Waals surface area contributed by atoms with E-state index >= 15 is 0 Å². The summed E-state index contributed by atoms with van der Waals surface area (Å²) < 4.78 is 11.4. The highest BCUT2D eigenvalue weighted by atomic mass is 16.6. The summed E-state index contributed by atoms with van der Waals surface area (Å²) in [5, 5.41) is 0. The molecular formula is C42H56O4. The van der Waals surface area contributed by atoms with Crippen LogP contribution >= 0.6 is 0 Å². The molecular weight excluding hydrogens is 568 g/mol. The average molecular weight is 625 g/mol. The highest BCUT2D eigenvalue weighted by Gasteiger charge is 2.59. The number of esters is 2. The van der Waals surface area contributed by atoms with E-state index in [1.165, 1.54) is 56.9 Å². The summed E-state index contributed by atoms with van der Waals surface area (Å²) >= 11 is 0. The van der Waals surface area contributed by atoms with Gasteiger partial charge in [-0.15, -0.1) is 0 Å². The molecule has 2 aromatic rings. The topological polar surface area (TPSA) is 52.6 Å². The zero-order chi connectivity index (χ0) is 32.5. The summed E-state index contributed by atoms with van der Waals surface area (Å²) in [6.45, 7) is 12.4. The van der Waals surface area contributed by atoms with E-state index < -0.39 is 11.9 Å². The van der Waals surface area contributed by atoms with Crippen LogP contribution in [0.4, 0.5) is 0 Å². The Hall–Kier alpha value is -2.88. The van der Waals surface area contributed by atoms with Crippen LogP contribution in [0.15, 0.2) is 66.2 Å². The number of carbonyl (C=O) groups excluding carboxylic acids is 2. The normalized spacial score (nSPS) is 32.5. The maximum atomic E-state index is 12.8. The second kappa shape index (κ2) is 13.7. The monoisotopic (exact) mass is 624 g/mol. The molecule has 0 aromatic heterocycles. The summed E-state index contributed by atoms with van der Waals surface area (Å²) in [5.41, 5.74) is 4.34. The van der Waals surface area contributed by atoms with Gasteiger partial charge in [-0.25, -0.2) is 0 Å². The number of benzene rings is 2. The van der Waals surface area contributed by atoms with Crippen LogP contribution in [0.2, 0.25) is 0 Å². The zero-order valence-electron chi connectivity index (χ0n) is 28.9. The summed E-state index contributed by atoms with van der Waals surface area (Å²) in [6.07, 6.45) is 15.6. The minimum atomic E-state index is -0.577. The van der Waals surface area contributed by atoms with E-state index in [0.29, 0.717) is 11.2 Å². The molecule has 0 amide bonds. The van der Waals surface area contributed by atoms with Crippen molar-refractivity contribution in [1.82, 2.24) is 0 Å². The number of rotatable bonds is 10. The second-order valence-corrected chi connectivity index (χ2v) is 16.2. The molecule has 248 valence electrons. The molecule has 0 bridgehead atoms. The number of allylic oxidation sites excluding steroid dienone is 1. The van der Waals surface area contributed by atoms with Gasteiger partial charge in [-0.3, -0.25) is 9.59 Å². The van der Waals surface area contributed by atoms with E-state index in [2.05, 4.69) is 40.7 Å². The van der Waals surface area contributed by atoms with Crippen molar-refractivity contribution in [1.29, 1.82) is 0 Å². The first-order chi connectivity index (χ1) is 22.1. The Morgan fingerprint density at radius 3 is 2.30 bits per heavy atom. The van der Waals surface area contributed by atoms with Gasteiger partial charge in [0.1, 0.15) is 18.3 Å². The van der Waals surface area contributed by atoms with E-state index in [4.69, 9.17) is 9.47 Å². The maximum absolute atomic E-state index is 12.8. The lowest BCUT2D eigenvalue weighted by Crippen LogP contribution is -2.51. The van der Waals surface area contributed by atoms with Gasteiger partial charge in [0.2, 0.25) is 0 Å². The van der Waals surface area contributed by atoms with Crippen molar-refractivity contribution >= 4 is 11.9 Å². The molecule has 2 aromatic carbocycles. The fourth-order valence-electron chi connectivity index (χ4n) is 10.6. The van der Waals surface area contributed by atoms with Crippen molar-refractivity contribution in [2.75, 3.05) is 0 Å². The van der Waals surface area contributed by atoms with Crippen LogP contribution in [-0.2, 0) is 14.3 Å². The summed E-state index contributed by atoms with van der Waals surface area (Å²) in [5.74, 6) is 4.26. The van der Waals surface area contributed by atoms with Crippen LogP contribution in [0.5, 0.6) is 5.75 Å². The Balaban J connectivity index is 1.01. The van der Waals surface area contributed by atoms with E-state index in [1.807, 2.05) is 42.5 Å². The fraction of sp³-hybridized carbons (Fsp3) is 0.619. The minimum absolute atomic E-state index is 0.155. The number of hydrogen-bond donors (Lipinski definition) is 0. The fourth-order valence-corrected chi connectivity index (χ4v) is 10.6. The molecule has 46 heavy (non-hydrogen) atoms. The van der Waals surface area contributed by atoms with Crippen LogP contribution in [0.1, 0.15) is 112 Å². The maximum Gasteiger partial charge on any atom is 0.322 e. The second-order valence-electron chi connectivity index (χ2n) is 16.2. The van der Waals surface area contributed by atoms with Crippen molar-refractivity contribution in [3.8, 4) is 16.9 Å². The molecule has 0 radical (unpaired) electrons. The van der Waals surface area contributed by atoms with Gasteiger partial charge in [0.05, 0.1) is 0 Å². The largest absolute Gasteiger partial charge is 0.462 e. The first kappa shape index (κ1) is 33.0. The molecule has 4 nitrogen and oxygen atoms in total. The van der Waals surface area contributed by atoms with Crippen LogP contribution < -0.4 is 4.74 Å². The van der Waals surface area contributed by atoms with Crippen LogP contribution in [0, 0.1) is 46.3 Å². The van der Waals surface area contributed by atoms with Gasteiger partial charge in [0.25, 0.3) is 0 Å². The minimum Gasteiger partial charge on any atom is -0.462 e. The summed E-state index contributed by atoms with van der Waals surface area (Å²) in [6, 6.07) is 17.4. The summed E-state index contributed by atoms with van der Waals surface area (Å²) in [7, 11) is 0. The van der Waals surface area contributed by atoms with E-state index in [1.54, 1.807) is 12.1 Å². The molecule has 4 heteroatoms. The van der Waals surface area contributed by atoms with E-state index in [0.717, 1.165) is 65.9 Å². The lowest BCUT2D eigenvalue weighted by atomic mass is 9.47. The van der Waals surface area contributed by atoms with Gasteiger partial charge in [-0.2, -0.15) is 0 Å². The first-order valence-electron chi connectivity index (χ1n) is 18.3. The molecule has 3 fully saturated rings. The Morgan fingerprint density at radius 2 is 1.57 bits per heavy atom. The third-order valence-corrected chi connectivity index (χ3v) is 13.0. The summed E-state index contributed by atoms with van der Waals surface area (Å²) in [4.78, 5) is 25.4. The van der Waals surface area contributed by atoms with Crippen LogP contribution in [0.25, 0.3) is 11.1 Å². The van der Waals surface area contributed by atoms with E-state index in [9.17, 15) is 9.59 Å². The molecule has 6 rings (SSSR count). The van der Waals surface area contributed by atoms with Gasteiger partial charge in [0.15, 0.2) is 0 Å². The SMILES string of the molecule is CC(C)CCC[C@@H](C)[C@H]1CC[C@H]2[C@@H]3CC=C4CC(OC(=O)CC(=O)Oc5ccc(-c6ccccc6)cc5)CC[C@]4(C)[C@H]3CC[C@]12C. The number of ether oxygens (including phenoxy) is 2. The third-order valence-electron chi connectivity index (χ3n) is 13.0. The zero-order valence-corrected chi connectivity index (χ0v) is 28.9. The predicted molar refractivity (Wildman–Crippen MR) is 185 cm³/mol. The van der Waals surface area contributed by atoms with Crippen molar-refractivity contribution in [2.24, 2.45) is 46.3 Å². The standard InChI is InChI=1S/C42H56O4/c1-28(2)10-9-11-29(3)36-20-21-37-35-19-16-32-26-34(22-24-41(32,4)38(35)23-25-42(36,37)5)46-40(44)27-39(43)45-33-17-14-31(15-18-33)30-12-7-6-8-13-30/h6-8,12-18,28-29,34-38H,9-11,19-27H2,1-5H3/t29-,34?,35+,36-,37+,38+,41+,42-/m1/s1. The molecule has 4 aliphatic rings. The van der Waals surface area contributed by atoms with Crippen molar-refractivity contribution < 1.29 is 19.1 Å². The molecule has 3 saturated carbocycles. The highest BCUT2D eigenvalue weighted by Crippen LogP contribution is 2.67. The van der Waals surface area contributed by atoms with Crippen LogP contribution in [0.3, 0.4) is 0 Å². The molecule has 1 unspecified atom stereocenters. The van der Waals surface area contributed by atoms with Crippen LogP contribution in [-0.4, -0.2) is 18.0 Å². The number of carbonyl (C=O) groups is 2. The van der Waals surface area contributed by atoms with Crippen molar-refractivity contribution in [3.63, 3.8) is 0 Å². The molecule has 0 spiro atoms. The Morgan fingerprint density at radius 1 is 0.826 bits per heavy atom. The predicted octanol–water partition coefficient (Wildman–Crippen LogP) is 10.6. The Kier molecular flexibility index (Phi) is 9.83. The molecule has 0 aliphatic heterocycles. The molecule has 0 saturated heterocycles. The van der Waals surface area contributed by atoms with Gasteiger partial charge in [-0.05, 0) is 115 Å². The Bertz CT molecular complexity index is 1390. The van der Waals surface area contributed by atoms with Crippen molar-refractivity contribution in [3.05, 3.63) is 66.2 Å². The van der Waals surface area contributed by atoms with E-state index in [-0.39, 0.29) is 17.9 Å². The quantitative estimate of drug-likeness (QED) is 0.114. The highest BCUT2D eigenvalue weighted by molar-refractivity contribution is 5.92. The molecule has 4 aliphatic carbocycles. The van der Waals surface area contributed by atoms with Gasteiger partial charge >= 0.3 is 11.9 Å². The molecule has 8 atom stereocenters.